The SMILES string of the molecule is CO[C@@H]1O[C@@H]2CC(=O)N[C@@H](Cc3ccc(O)cc3)C(=O)N[C@@H](CCCN=C(N)N)C(=O)N[C@@H](Cc3ccc(O)cc3)C(=O)N[C@H]3[C@H](OC)O[C@H](CC(=O)N[C@@H](Cc4ccc(O)cc4)C(=O)N[C@@H](CCCN=C(N)N)C(=O)N[C@@H](Cc4ccc(O)cc4)C(=O)N[C@@H]1[C@@H](O)[C@@H]2O)[C@@H](O)[C@@H]3O. The molecule has 6 heterocycles. The molecule has 0 radical (unpaired) electrons. The van der Waals surface area contributed by atoms with Crippen LogP contribution < -0.4 is 65.5 Å². The van der Waals surface area contributed by atoms with Crippen molar-refractivity contribution >= 4 is 59.2 Å². The Labute approximate surface area is 562 Å². The van der Waals surface area contributed by atoms with Gasteiger partial charge in [0.25, 0.3) is 0 Å². The normalized spacial score (nSPS) is 28.1. The molecule has 0 saturated carbocycles. The van der Waals surface area contributed by atoms with Gasteiger partial charge < -0.3 is 125 Å². The van der Waals surface area contributed by atoms with Crippen LogP contribution in [0, 0.1) is 0 Å². The van der Waals surface area contributed by atoms with E-state index >= 15 is 0 Å². The standard InChI is InChI=1S/C64H86N14O20/c1-95-61-49-53(87)51(85)45(97-61)29-47(83)71-41(25-31-7-15-35(79)16-8-31)57(91)74-40(6-4-24-70-64(67)68)56(90)76-44(28-34-13-21-38(82)22-14-34)60(94)78-50-54(88)52(86)46(98-62(50)96-2)30-48(84)72-42(26-32-9-17-36(80)18-10-32)58(92)73-39(5-3-23-69-63(65)66)55(89)75-43(59(93)77-49)27-33-11-19-37(81)20-12-33/h7-22,39-46,49-54,61-62,79-82,85-88H,3-6,23-30H2,1-2H3,(H,71,83)(H,72,84)(H,73,92)(H,74,91)(H,75,89)(H,76,90)(H,77,93)(H,78,94)(H4,65,66,69)(H4,67,68,70)/t39-,40-,41-,42-,43-,44-,45+,46+,49+,50+,51+,52+,53+,54+,61+,62+/m0/s1. The number of phenolic OH excluding ortho intramolecular Hbond substituents is 4. The van der Waals surface area contributed by atoms with Crippen LogP contribution in [0.4, 0.5) is 0 Å². The molecule has 98 heavy (non-hydrogen) atoms. The fraction of sp³-hybridized carbons (Fsp3) is 0.469. The molecule has 532 valence electrons. The highest BCUT2D eigenvalue weighted by atomic mass is 16.7. The summed E-state index contributed by atoms with van der Waals surface area (Å²) in [6, 6.07) is 9.41. The van der Waals surface area contributed by atoms with Crippen LogP contribution in [0.3, 0.4) is 0 Å². The van der Waals surface area contributed by atoms with Gasteiger partial charge in [-0.05, 0) is 96.5 Å². The van der Waals surface area contributed by atoms with Crippen LogP contribution in [0.25, 0.3) is 0 Å². The van der Waals surface area contributed by atoms with Crippen molar-refractivity contribution in [1.82, 2.24) is 42.5 Å². The molecular weight excluding hydrogens is 1280 g/mol. The maximum Gasteiger partial charge on any atom is 0.243 e. The van der Waals surface area contributed by atoms with Crippen LogP contribution in [0.2, 0.25) is 0 Å². The van der Waals surface area contributed by atoms with E-state index in [-0.39, 0.29) is 99.4 Å². The van der Waals surface area contributed by atoms with Crippen LogP contribution in [-0.4, -0.2) is 225 Å². The summed E-state index contributed by atoms with van der Waals surface area (Å²) in [5.74, 6) is -9.03. The first-order chi connectivity index (χ1) is 46.7. The summed E-state index contributed by atoms with van der Waals surface area (Å²) >= 11 is 0. The Morgan fingerprint density at radius 2 is 0.653 bits per heavy atom. The molecule has 34 heteroatoms. The van der Waals surface area contributed by atoms with E-state index in [0.717, 1.165) is 14.2 Å². The van der Waals surface area contributed by atoms with E-state index in [1.807, 2.05) is 0 Å². The van der Waals surface area contributed by atoms with Crippen molar-refractivity contribution < 1.29 is 98.2 Å². The van der Waals surface area contributed by atoms with Gasteiger partial charge in [-0.15, -0.1) is 0 Å². The number of carbonyl (C=O) groups excluding carboxylic acids is 8. The van der Waals surface area contributed by atoms with Gasteiger partial charge >= 0.3 is 0 Å². The maximum atomic E-state index is 14.8. The molecule has 24 N–H and O–H groups in total. The minimum Gasteiger partial charge on any atom is -0.508 e. The van der Waals surface area contributed by atoms with Crippen LogP contribution in [0.5, 0.6) is 23.0 Å². The number of aromatic hydroxyl groups is 4. The molecule has 0 aromatic heterocycles. The number of aliphatic imine (C=N–C) groups is 2. The highest BCUT2D eigenvalue weighted by Crippen LogP contribution is 2.27. The first-order valence-corrected chi connectivity index (χ1v) is 31.4. The summed E-state index contributed by atoms with van der Waals surface area (Å²) in [5, 5.41) is 108. The summed E-state index contributed by atoms with van der Waals surface area (Å²) in [6.07, 6.45) is -17.6. The van der Waals surface area contributed by atoms with E-state index in [1.54, 1.807) is 0 Å². The quantitative estimate of drug-likeness (QED) is 0.0251. The number of hydrogen-bond acceptors (Lipinski definition) is 22. The van der Waals surface area contributed by atoms with Crippen LogP contribution in [0.1, 0.15) is 60.8 Å². The number of amides is 8. The number of ether oxygens (including phenoxy) is 4. The summed E-state index contributed by atoms with van der Waals surface area (Å²) in [5.41, 5.74) is 23.9. The second-order valence-electron chi connectivity index (χ2n) is 23.9. The molecule has 0 spiro atoms. The zero-order valence-electron chi connectivity index (χ0n) is 53.6. The highest BCUT2D eigenvalue weighted by Gasteiger charge is 2.49. The predicted octanol–water partition coefficient (Wildman–Crippen LogP) is -5.25. The molecule has 6 aliphatic rings. The smallest absolute Gasteiger partial charge is 0.243 e. The Balaban J connectivity index is 1.28. The molecule has 4 aromatic rings. The molecule has 16 atom stereocenters. The van der Waals surface area contributed by atoms with Crippen LogP contribution >= 0.6 is 0 Å². The lowest BCUT2D eigenvalue weighted by atomic mass is 9.93. The number of methoxy groups -OCH3 is 2. The van der Waals surface area contributed by atoms with Gasteiger partial charge in [-0.3, -0.25) is 48.3 Å². The minimum atomic E-state index is -1.98. The number of nitrogens with one attached hydrogen (secondary N) is 8. The fourth-order valence-corrected chi connectivity index (χ4v) is 11.3. The maximum absolute atomic E-state index is 14.8. The largest absolute Gasteiger partial charge is 0.508 e. The third kappa shape index (κ3) is 22.0. The Bertz CT molecular complexity index is 3190. The zero-order chi connectivity index (χ0) is 71.3. The topological polar surface area (TPSA) is 560 Å². The third-order valence-electron chi connectivity index (χ3n) is 16.5. The molecule has 4 aromatic carbocycles. The molecule has 6 saturated heterocycles. The zero-order valence-corrected chi connectivity index (χ0v) is 53.6. The monoisotopic (exact) mass is 1370 g/mol. The second kappa shape index (κ2) is 35.9. The number of aliphatic hydroxyl groups excluding tert-OH is 4. The second-order valence-corrected chi connectivity index (χ2v) is 23.9. The Kier molecular flexibility index (Phi) is 27.6. The van der Waals surface area contributed by atoms with Crippen molar-refractivity contribution in [3.63, 3.8) is 0 Å². The average Bonchev–Trinajstić information content (AvgIpc) is 0.811. The lowest BCUT2D eigenvalue weighted by Gasteiger charge is -2.42. The molecule has 8 amide bonds. The highest BCUT2D eigenvalue weighted by molar-refractivity contribution is 5.96. The van der Waals surface area contributed by atoms with Gasteiger partial charge in [0.05, 0.1) is 25.0 Å². The minimum absolute atomic E-state index is 0.0306. The van der Waals surface area contributed by atoms with Gasteiger partial charge in [-0.1, -0.05) is 48.5 Å². The van der Waals surface area contributed by atoms with Crippen molar-refractivity contribution in [2.75, 3.05) is 27.3 Å². The number of nitrogens with two attached hydrogens (primary N) is 4. The molecule has 10 rings (SSSR count). The number of nitrogens with zero attached hydrogens (tertiary/aromatic N) is 2. The average molecular weight is 1370 g/mol. The summed E-state index contributed by atoms with van der Waals surface area (Å²) < 4.78 is 23.2. The van der Waals surface area contributed by atoms with Gasteiger partial charge in [-0.2, -0.15) is 0 Å². The first-order valence-electron chi connectivity index (χ1n) is 31.4. The lowest BCUT2D eigenvalue weighted by Crippen LogP contribution is -2.67. The van der Waals surface area contributed by atoms with Crippen molar-refractivity contribution in [3.05, 3.63) is 119 Å². The number of hydrogen-bond donors (Lipinski definition) is 20. The van der Waals surface area contributed by atoms with Crippen molar-refractivity contribution in [2.24, 2.45) is 32.9 Å². The van der Waals surface area contributed by atoms with Crippen molar-refractivity contribution in [2.45, 2.75) is 162 Å². The van der Waals surface area contributed by atoms with Gasteiger partial charge in [0.2, 0.25) is 47.3 Å². The first kappa shape index (κ1) is 75.4. The Hall–Kier alpha value is -9.94. The molecule has 6 fully saturated rings. The van der Waals surface area contributed by atoms with E-state index in [1.165, 1.54) is 97.1 Å². The fourth-order valence-electron chi connectivity index (χ4n) is 11.3. The Morgan fingerprint density at radius 1 is 0.398 bits per heavy atom. The summed E-state index contributed by atoms with van der Waals surface area (Å²) in [4.78, 5) is 125. The van der Waals surface area contributed by atoms with E-state index < -0.39 is 158 Å². The van der Waals surface area contributed by atoms with Crippen molar-refractivity contribution in [3.8, 4) is 23.0 Å². The molecule has 6 aliphatic heterocycles. The molecular formula is C64H86N14O20. The van der Waals surface area contributed by atoms with Gasteiger partial charge in [-0.25, -0.2) is 0 Å². The van der Waals surface area contributed by atoms with Gasteiger partial charge in [0, 0.05) is 53.0 Å². The van der Waals surface area contributed by atoms with E-state index in [9.17, 15) is 79.2 Å². The summed E-state index contributed by atoms with van der Waals surface area (Å²) in [6.45, 7) is -0.120. The van der Waals surface area contributed by atoms with E-state index in [2.05, 4.69) is 52.5 Å². The number of guanidine groups is 2. The van der Waals surface area contributed by atoms with E-state index in [0.29, 0.717) is 22.3 Å². The third-order valence-corrected chi connectivity index (χ3v) is 16.5. The Morgan fingerprint density at radius 3 is 0.929 bits per heavy atom. The molecule has 0 aliphatic carbocycles. The number of rotatable bonds is 18. The number of carbonyl (C=O) groups is 8. The van der Waals surface area contributed by atoms with Crippen LogP contribution in [-0.2, 0) is 83.0 Å². The number of benzene rings is 4. The number of aliphatic hydroxyl groups is 4. The number of phenols is 4. The van der Waals surface area contributed by atoms with Crippen LogP contribution in [0.15, 0.2) is 107 Å². The van der Waals surface area contributed by atoms with Gasteiger partial charge in [0.15, 0.2) is 24.5 Å². The summed E-state index contributed by atoms with van der Waals surface area (Å²) in [7, 11) is 2.27. The van der Waals surface area contributed by atoms with Crippen molar-refractivity contribution in [1.29, 1.82) is 0 Å². The van der Waals surface area contributed by atoms with Gasteiger partial charge in [0.1, 0.15) is 95.7 Å². The molecule has 0 unspecified atom stereocenters. The molecule has 34 nitrogen and oxygen atoms in total. The lowest BCUT2D eigenvalue weighted by molar-refractivity contribution is -0.257. The van der Waals surface area contributed by atoms with E-state index in [4.69, 9.17) is 41.9 Å². The molecule has 4 bridgehead atoms. The predicted molar refractivity (Wildman–Crippen MR) is 347 cm³/mol.